The second-order valence-corrected chi connectivity index (χ2v) is 7.98. The minimum atomic E-state index is -3.31. The van der Waals surface area contributed by atoms with Crippen LogP contribution in [-0.4, -0.2) is 24.5 Å². The molecule has 1 aliphatic rings. The van der Waals surface area contributed by atoms with Gasteiger partial charge in [0.05, 0.1) is 5.75 Å². The highest BCUT2D eigenvalue weighted by atomic mass is 32.2. The Labute approximate surface area is 137 Å². The van der Waals surface area contributed by atoms with Crippen LogP contribution in [0.15, 0.2) is 36.5 Å². The Morgan fingerprint density at radius 1 is 1.26 bits per heavy atom. The topological polar surface area (TPSA) is 64.0 Å². The van der Waals surface area contributed by atoms with E-state index in [9.17, 15) is 8.42 Å². The van der Waals surface area contributed by atoms with Crippen molar-refractivity contribution in [2.45, 2.75) is 44.4 Å². The first-order valence-electron chi connectivity index (χ1n) is 8.08. The van der Waals surface area contributed by atoms with Crippen molar-refractivity contribution < 1.29 is 8.42 Å². The molecule has 5 nitrogen and oxygen atoms in total. The molecular formula is C17H23N3O2S. The van der Waals surface area contributed by atoms with Crippen molar-refractivity contribution in [3.63, 3.8) is 0 Å². The summed E-state index contributed by atoms with van der Waals surface area (Å²) < 4.78 is 29.2. The van der Waals surface area contributed by atoms with Gasteiger partial charge < -0.3 is 4.57 Å². The molecule has 0 spiro atoms. The first kappa shape index (κ1) is 16.2. The number of rotatable bonds is 7. The third kappa shape index (κ3) is 4.00. The molecule has 6 heteroatoms. The summed E-state index contributed by atoms with van der Waals surface area (Å²) in [6.45, 7) is 3.05. The SMILES string of the molecule is Cc1cnc(C2CCC2)n1CCNS(=O)(=O)Cc1ccccc1. The van der Waals surface area contributed by atoms with E-state index in [0.29, 0.717) is 19.0 Å². The van der Waals surface area contributed by atoms with Gasteiger partial charge in [0.2, 0.25) is 10.0 Å². The van der Waals surface area contributed by atoms with E-state index in [1.807, 2.05) is 43.5 Å². The predicted octanol–water partition coefficient (Wildman–Crippen LogP) is 2.58. The molecule has 3 rings (SSSR count). The first-order chi connectivity index (χ1) is 11.1. The molecule has 0 radical (unpaired) electrons. The van der Waals surface area contributed by atoms with Crippen molar-refractivity contribution in [2.24, 2.45) is 0 Å². The van der Waals surface area contributed by atoms with Gasteiger partial charge in [-0.2, -0.15) is 0 Å². The summed E-state index contributed by atoms with van der Waals surface area (Å²) >= 11 is 0. The van der Waals surface area contributed by atoms with Crippen LogP contribution in [0, 0.1) is 6.92 Å². The number of nitrogens with one attached hydrogen (secondary N) is 1. The van der Waals surface area contributed by atoms with Crippen molar-refractivity contribution in [2.75, 3.05) is 6.54 Å². The molecule has 1 aromatic heterocycles. The minimum Gasteiger partial charge on any atom is -0.331 e. The lowest BCUT2D eigenvalue weighted by Crippen LogP contribution is -2.29. The first-order valence-corrected chi connectivity index (χ1v) is 9.74. The van der Waals surface area contributed by atoms with Crippen molar-refractivity contribution >= 4 is 10.0 Å². The summed E-state index contributed by atoms with van der Waals surface area (Å²) in [4.78, 5) is 4.51. The summed E-state index contributed by atoms with van der Waals surface area (Å²) in [5, 5.41) is 0. The Bertz CT molecular complexity index is 749. The number of aromatic nitrogens is 2. The van der Waals surface area contributed by atoms with Gasteiger partial charge in [-0.3, -0.25) is 0 Å². The second-order valence-electron chi connectivity index (χ2n) is 6.18. The van der Waals surface area contributed by atoms with Gasteiger partial charge in [0.1, 0.15) is 5.82 Å². The molecule has 23 heavy (non-hydrogen) atoms. The van der Waals surface area contributed by atoms with Crippen LogP contribution < -0.4 is 4.72 Å². The van der Waals surface area contributed by atoms with E-state index in [4.69, 9.17) is 0 Å². The van der Waals surface area contributed by atoms with Gasteiger partial charge in [-0.15, -0.1) is 0 Å². The fourth-order valence-electron chi connectivity index (χ4n) is 2.92. The molecular weight excluding hydrogens is 310 g/mol. The van der Waals surface area contributed by atoms with Gasteiger partial charge in [-0.05, 0) is 25.3 Å². The highest BCUT2D eigenvalue weighted by molar-refractivity contribution is 7.88. The van der Waals surface area contributed by atoms with Crippen molar-refractivity contribution in [1.82, 2.24) is 14.3 Å². The van der Waals surface area contributed by atoms with Gasteiger partial charge in [0, 0.05) is 30.9 Å². The summed E-state index contributed by atoms with van der Waals surface area (Å²) in [6, 6.07) is 9.24. The summed E-state index contributed by atoms with van der Waals surface area (Å²) in [5.41, 5.74) is 1.89. The lowest BCUT2D eigenvalue weighted by atomic mass is 9.85. The van der Waals surface area contributed by atoms with Gasteiger partial charge >= 0.3 is 0 Å². The smallest absolute Gasteiger partial charge is 0.215 e. The summed E-state index contributed by atoms with van der Waals surface area (Å²) in [6.07, 6.45) is 5.53. The van der Waals surface area contributed by atoms with E-state index in [1.165, 1.54) is 19.3 Å². The third-order valence-electron chi connectivity index (χ3n) is 4.41. The van der Waals surface area contributed by atoms with Crippen molar-refractivity contribution in [3.05, 3.63) is 53.6 Å². The quantitative estimate of drug-likeness (QED) is 0.847. The molecule has 1 aliphatic carbocycles. The molecule has 2 aromatic rings. The van der Waals surface area contributed by atoms with E-state index in [0.717, 1.165) is 17.1 Å². The summed E-state index contributed by atoms with van der Waals surface area (Å²) in [7, 11) is -3.31. The number of sulfonamides is 1. The van der Waals surface area contributed by atoms with E-state index in [-0.39, 0.29) is 5.75 Å². The number of imidazole rings is 1. The molecule has 1 aromatic carbocycles. The lowest BCUT2D eigenvalue weighted by Gasteiger charge is -2.26. The Balaban J connectivity index is 1.58. The number of hydrogen-bond acceptors (Lipinski definition) is 3. The van der Waals surface area contributed by atoms with Gasteiger partial charge in [-0.25, -0.2) is 18.1 Å². The predicted molar refractivity (Wildman–Crippen MR) is 90.6 cm³/mol. The zero-order valence-electron chi connectivity index (χ0n) is 13.4. The van der Waals surface area contributed by atoms with Crippen LogP contribution in [0.2, 0.25) is 0 Å². The Morgan fingerprint density at radius 3 is 2.65 bits per heavy atom. The molecule has 1 saturated carbocycles. The monoisotopic (exact) mass is 333 g/mol. The lowest BCUT2D eigenvalue weighted by molar-refractivity contribution is 0.385. The van der Waals surface area contributed by atoms with Crippen LogP contribution in [0.4, 0.5) is 0 Å². The molecule has 1 N–H and O–H groups in total. The fourth-order valence-corrected chi connectivity index (χ4v) is 4.06. The number of hydrogen-bond donors (Lipinski definition) is 1. The van der Waals surface area contributed by atoms with Crippen LogP contribution in [-0.2, 0) is 22.3 Å². The molecule has 1 heterocycles. The number of benzene rings is 1. The molecule has 0 aliphatic heterocycles. The number of nitrogens with zero attached hydrogens (tertiary/aromatic N) is 2. The Kier molecular flexibility index (Phi) is 4.82. The van der Waals surface area contributed by atoms with Gasteiger partial charge in [-0.1, -0.05) is 36.8 Å². The molecule has 0 atom stereocenters. The molecule has 0 unspecified atom stereocenters. The maximum Gasteiger partial charge on any atom is 0.215 e. The van der Waals surface area contributed by atoms with Crippen molar-refractivity contribution in [3.8, 4) is 0 Å². The average Bonchev–Trinajstić information content (AvgIpc) is 2.79. The van der Waals surface area contributed by atoms with Crippen LogP contribution in [0.5, 0.6) is 0 Å². The van der Waals surface area contributed by atoms with E-state index >= 15 is 0 Å². The van der Waals surface area contributed by atoms with Crippen LogP contribution in [0.3, 0.4) is 0 Å². The average molecular weight is 333 g/mol. The standard InChI is InChI=1S/C17H23N3O2S/c1-14-12-18-17(16-8-5-9-16)20(14)11-10-19-23(21,22)13-15-6-3-2-4-7-15/h2-4,6-7,12,16,19H,5,8-11,13H2,1H3. The highest BCUT2D eigenvalue weighted by Gasteiger charge is 2.24. The maximum absolute atomic E-state index is 12.2. The largest absolute Gasteiger partial charge is 0.331 e. The van der Waals surface area contributed by atoms with Crippen LogP contribution >= 0.6 is 0 Å². The molecule has 0 saturated heterocycles. The van der Waals surface area contributed by atoms with Crippen LogP contribution in [0.1, 0.15) is 42.3 Å². The van der Waals surface area contributed by atoms with Gasteiger partial charge in [0.25, 0.3) is 0 Å². The summed E-state index contributed by atoms with van der Waals surface area (Å²) in [5.74, 6) is 1.67. The Morgan fingerprint density at radius 2 is 2.00 bits per heavy atom. The minimum absolute atomic E-state index is 0.0201. The second kappa shape index (κ2) is 6.84. The molecule has 0 bridgehead atoms. The normalized spacial score (nSPS) is 15.5. The van der Waals surface area contributed by atoms with Gasteiger partial charge in [0.15, 0.2) is 0 Å². The zero-order valence-corrected chi connectivity index (χ0v) is 14.2. The molecule has 124 valence electrons. The molecule has 1 fully saturated rings. The fraction of sp³-hybridized carbons (Fsp3) is 0.471. The molecule has 0 amide bonds. The van der Waals surface area contributed by atoms with Crippen LogP contribution in [0.25, 0.3) is 0 Å². The third-order valence-corrected chi connectivity index (χ3v) is 5.77. The van der Waals surface area contributed by atoms with E-state index < -0.39 is 10.0 Å². The van der Waals surface area contributed by atoms with E-state index in [2.05, 4.69) is 14.3 Å². The van der Waals surface area contributed by atoms with E-state index in [1.54, 1.807) is 0 Å². The zero-order chi connectivity index (χ0) is 16.3. The van der Waals surface area contributed by atoms with Crippen molar-refractivity contribution in [1.29, 1.82) is 0 Å². The maximum atomic E-state index is 12.2. The Hall–Kier alpha value is -1.66. The highest BCUT2D eigenvalue weighted by Crippen LogP contribution is 2.35. The number of aryl methyl sites for hydroxylation is 1.